The van der Waals surface area contributed by atoms with E-state index in [0.717, 1.165) is 16.8 Å². The third-order valence-electron chi connectivity index (χ3n) is 4.08. The molecule has 0 bridgehead atoms. The maximum atomic E-state index is 12.0. The van der Waals surface area contributed by atoms with Crippen LogP contribution in [0.1, 0.15) is 21.5 Å². The Morgan fingerprint density at radius 3 is 2.34 bits per heavy atom. The first-order valence-electron chi connectivity index (χ1n) is 9.08. The van der Waals surface area contributed by atoms with Gasteiger partial charge in [-0.25, -0.2) is 5.43 Å². The van der Waals surface area contributed by atoms with Gasteiger partial charge in [-0.05, 0) is 60.5 Å². The van der Waals surface area contributed by atoms with Crippen LogP contribution in [0.2, 0.25) is 0 Å². The van der Waals surface area contributed by atoms with Crippen molar-refractivity contribution < 1.29 is 14.3 Å². The smallest absolute Gasteiger partial charge is 0.271 e. The van der Waals surface area contributed by atoms with E-state index in [1.165, 1.54) is 6.21 Å². The molecule has 0 saturated heterocycles. The van der Waals surface area contributed by atoms with Crippen LogP contribution >= 0.6 is 0 Å². The number of rotatable bonds is 7. The van der Waals surface area contributed by atoms with Gasteiger partial charge < -0.3 is 10.1 Å². The Kier molecular flexibility index (Phi) is 6.73. The summed E-state index contributed by atoms with van der Waals surface area (Å²) in [6.07, 6.45) is 1.54. The molecular weight excluding hydrogens is 366 g/mol. The van der Waals surface area contributed by atoms with Crippen molar-refractivity contribution in [3.8, 4) is 5.75 Å². The van der Waals surface area contributed by atoms with Crippen LogP contribution in [-0.4, -0.2) is 24.6 Å². The standard InChI is InChI=1S/C23H21N3O3/c1-17-7-5-6-10-21(17)25-22(27)16-29-20-13-11-18(12-14-20)15-24-26-23(28)19-8-3-2-4-9-19/h2-15H,16H2,1H3,(H,25,27)(H,26,28)/b24-15+. The molecule has 6 nitrogen and oxygen atoms in total. The van der Waals surface area contributed by atoms with E-state index in [-0.39, 0.29) is 18.4 Å². The van der Waals surface area contributed by atoms with Crippen LogP contribution in [0.15, 0.2) is 84.0 Å². The van der Waals surface area contributed by atoms with Gasteiger partial charge in [-0.2, -0.15) is 5.10 Å². The van der Waals surface area contributed by atoms with Crippen molar-refractivity contribution in [2.24, 2.45) is 5.10 Å². The number of hydrogen-bond donors (Lipinski definition) is 2. The number of benzene rings is 3. The summed E-state index contributed by atoms with van der Waals surface area (Å²) in [4.78, 5) is 23.9. The van der Waals surface area contributed by atoms with E-state index in [4.69, 9.17) is 4.74 Å². The minimum Gasteiger partial charge on any atom is -0.484 e. The second kappa shape index (κ2) is 9.85. The zero-order valence-electron chi connectivity index (χ0n) is 16.0. The molecule has 0 saturated carbocycles. The number of ether oxygens (including phenoxy) is 1. The molecule has 0 heterocycles. The molecule has 0 aliphatic heterocycles. The highest BCUT2D eigenvalue weighted by atomic mass is 16.5. The Labute approximate surface area is 169 Å². The van der Waals surface area contributed by atoms with Crippen LogP contribution in [0.3, 0.4) is 0 Å². The Bertz CT molecular complexity index is 999. The van der Waals surface area contributed by atoms with E-state index >= 15 is 0 Å². The number of nitrogens with zero attached hydrogens (tertiary/aromatic N) is 1. The van der Waals surface area contributed by atoms with E-state index in [1.807, 2.05) is 37.3 Å². The number of hydrogen-bond acceptors (Lipinski definition) is 4. The van der Waals surface area contributed by atoms with Crippen LogP contribution in [0.25, 0.3) is 0 Å². The van der Waals surface area contributed by atoms with Gasteiger partial charge in [-0.1, -0.05) is 36.4 Å². The monoisotopic (exact) mass is 387 g/mol. The maximum Gasteiger partial charge on any atom is 0.271 e. The average Bonchev–Trinajstić information content (AvgIpc) is 2.75. The minimum atomic E-state index is -0.276. The molecule has 29 heavy (non-hydrogen) atoms. The van der Waals surface area contributed by atoms with Crippen LogP contribution in [0, 0.1) is 6.92 Å². The molecule has 0 aliphatic rings. The largest absolute Gasteiger partial charge is 0.484 e. The van der Waals surface area contributed by atoms with E-state index in [0.29, 0.717) is 11.3 Å². The van der Waals surface area contributed by atoms with Crippen molar-refractivity contribution >= 4 is 23.7 Å². The highest BCUT2D eigenvalue weighted by Gasteiger charge is 2.05. The van der Waals surface area contributed by atoms with Crippen LogP contribution in [0.5, 0.6) is 5.75 Å². The van der Waals surface area contributed by atoms with Crippen LogP contribution in [0.4, 0.5) is 5.69 Å². The number of nitrogens with one attached hydrogen (secondary N) is 2. The van der Waals surface area contributed by atoms with Gasteiger partial charge in [0, 0.05) is 11.3 Å². The molecule has 2 N–H and O–H groups in total. The molecule has 0 fully saturated rings. The lowest BCUT2D eigenvalue weighted by Crippen LogP contribution is -2.20. The number of para-hydroxylation sites is 1. The van der Waals surface area contributed by atoms with Crippen molar-refractivity contribution in [3.05, 3.63) is 95.6 Å². The van der Waals surface area contributed by atoms with Crippen LogP contribution in [-0.2, 0) is 4.79 Å². The SMILES string of the molecule is Cc1ccccc1NC(=O)COc1ccc(/C=N/NC(=O)c2ccccc2)cc1. The Morgan fingerprint density at radius 2 is 1.62 bits per heavy atom. The number of anilines is 1. The molecule has 3 aromatic rings. The number of hydrazone groups is 1. The van der Waals surface area contributed by atoms with Crippen molar-refractivity contribution in [2.45, 2.75) is 6.92 Å². The molecule has 146 valence electrons. The molecule has 0 aromatic heterocycles. The van der Waals surface area contributed by atoms with E-state index in [9.17, 15) is 9.59 Å². The fourth-order valence-electron chi connectivity index (χ4n) is 2.52. The van der Waals surface area contributed by atoms with Crippen molar-refractivity contribution in [1.29, 1.82) is 0 Å². The van der Waals surface area contributed by atoms with Gasteiger partial charge in [0.05, 0.1) is 6.21 Å². The van der Waals surface area contributed by atoms with Gasteiger partial charge in [0.2, 0.25) is 0 Å². The summed E-state index contributed by atoms with van der Waals surface area (Å²) in [5.74, 6) is 0.0606. The van der Waals surface area contributed by atoms with Crippen LogP contribution < -0.4 is 15.5 Å². The molecule has 6 heteroatoms. The van der Waals surface area contributed by atoms with E-state index in [2.05, 4.69) is 15.8 Å². The quantitative estimate of drug-likeness (QED) is 0.478. The van der Waals surface area contributed by atoms with Gasteiger partial charge >= 0.3 is 0 Å². The second-order valence-electron chi connectivity index (χ2n) is 6.29. The number of aryl methyl sites for hydroxylation is 1. The lowest BCUT2D eigenvalue weighted by Gasteiger charge is -2.09. The predicted octanol–water partition coefficient (Wildman–Crippen LogP) is 3.78. The first-order chi connectivity index (χ1) is 14.1. The fourth-order valence-corrected chi connectivity index (χ4v) is 2.52. The third-order valence-corrected chi connectivity index (χ3v) is 4.08. The molecule has 3 aromatic carbocycles. The van der Waals surface area contributed by atoms with Gasteiger partial charge in [0.1, 0.15) is 5.75 Å². The van der Waals surface area contributed by atoms with Gasteiger partial charge in [-0.3, -0.25) is 9.59 Å². The molecule has 3 rings (SSSR count). The second-order valence-corrected chi connectivity index (χ2v) is 6.29. The molecular formula is C23H21N3O3. The predicted molar refractivity (Wildman–Crippen MR) is 113 cm³/mol. The zero-order valence-corrected chi connectivity index (χ0v) is 16.0. The highest BCUT2D eigenvalue weighted by molar-refractivity contribution is 5.95. The zero-order chi connectivity index (χ0) is 20.5. The maximum absolute atomic E-state index is 12.0. The van der Waals surface area contributed by atoms with E-state index < -0.39 is 0 Å². The lowest BCUT2D eigenvalue weighted by molar-refractivity contribution is -0.118. The molecule has 0 aliphatic carbocycles. The number of carbonyl (C=O) groups excluding carboxylic acids is 2. The number of carbonyl (C=O) groups is 2. The average molecular weight is 387 g/mol. The first-order valence-corrected chi connectivity index (χ1v) is 9.08. The lowest BCUT2D eigenvalue weighted by atomic mass is 10.2. The summed E-state index contributed by atoms with van der Waals surface area (Å²) >= 11 is 0. The molecule has 0 spiro atoms. The summed E-state index contributed by atoms with van der Waals surface area (Å²) in [5.41, 5.74) is 5.56. The fraction of sp³-hybridized carbons (Fsp3) is 0.0870. The summed E-state index contributed by atoms with van der Waals surface area (Å²) < 4.78 is 5.51. The Balaban J connectivity index is 1.46. The minimum absolute atomic E-state index is 0.0884. The Hall–Kier alpha value is -3.93. The first kappa shape index (κ1) is 19.8. The highest BCUT2D eigenvalue weighted by Crippen LogP contribution is 2.14. The Morgan fingerprint density at radius 1 is 0.931 bits per heavy atom. The van der Waals surface area contributed by atoms with Crippen molar-refractivity contribution in [2.75, 3.05) is 11.9 Å². The van der Waals surface area contributed by atoms with Gasteiger partial charge in [0.15, 0.2) is 6.61 Å². The summed E-state index contributed by atoms with van der Waals surface area (Å²) in [5, 5.41) is 6.77. The summed E-state index contributed by atoms with van der Waals surface area (Å²) in [6.45, 7) is 1.84. The van der Waals surface area contributed by atoms with Crippen molar-refractivity contribution in [3.63, 3.8) is 0 Å². The normalized spacial score (nSPS) is 10.5. The topological polar surface area (TPSA) is 79.8 Å². The van der Waals surface area contributed by atoms with Gasteiger partial charge in [-0.15, -0.1) is 0 Å². The van der Waals surface area contributed by atoms with Gasteiger partial charge in [0.25, 0.3) is 11.8 Å². The van der Waals surface area contributed by atoms with E-state index in [1.54, 1.807) is 48.5 Å². The molecule has 0 radical (unpaired) electrons. The van der Waals surface area contributed by atoms with Crippen molar-refractivity contribution in [1.82, 2.24) is 5.43 Å². The summed E-state index contributed by atoms with van der Waals surface area (Å²) in [7, 11) is 0. The summed E-state index contributed by atoms with van der Waals surface area (Å²) in [6, 6.07) is 23.5. The third kappa shape index (κ3) is 6.04. The molecule has 0 unspecified atom stereocenters. The number of amides is 2. The molecule has 2 amide bonds. The molecule has 0 atom stereocenters.